The van der Waals surface area contributed by atoms with Crippen molar-refractivity contribution < 1.29 is 22.3 Å². The summed E-state index contributed by atoms with van der Waals surface area (Å²) in [6.07, 6.45) is 3.06. The van der Waals surface area contributed by atoms with E-state index in [1.54, 1.807) is 19.2 Å². The first-order valence-corrected chi connectivity index (χ1v) is 16.1. The van der Waals surface area contributed by atoms with Gasteiger partial charge in [0, 0.05) is 54.9 Å². The van der Waals surface area contributed by atoms with E-state index in [2.05, 4.69) is 11.1 Å². The number of sulfonamides is 1. The van der Waals surface area contributed by atoms with Crippen molar-refractivity contribution in [3.8, 4) is 17.3 Å². The maximum atomic E-state index is 15.8. The highest BCUT2D eigenvalue weighted by Crippen LogP contribution is 2.44. The van der Waals surface area contributed by atoms with Gasteiger partial charge in [-0.1, -0.05) is 11.3 Å². The highest BCUT2D eigenvalue weighted by atomic mass is 32.2. The van der Waals surface area contributed by atoms with E-state index in [0.29, 0.717) is 44.6 Å². The van der Waals surface area contributed by atoms with Crippen molar-refractivity contribution in [1.82, 2.24) is 14.3 Å². The quantitative estimate of drug-likeness (QED) is 0.323. The van der Waals surface area contributed by atoms with Crippen molar-refractivity contribution in [3.63, 3.8) is 0 Å². The molecule has 1 saturated carbocycles. The topological polar surface area (TPSA) is 114 Å². The lowest BCUT2D eigenvalue weighted by atomic mass is 10.1. The molecule has 0 bridgehead atoms. The molecule has 0 unspecified atom stereocenters. The minimum atomic E-state index is -3.51. The van der Waals surface area contributed by atoms with Gasteiger partial charge in [0.2, 0.25) is 10.0 Å². The van der Waals surface area contributed by atoms with E-state index in [9.17, 15) is 23.2 Å². The number of rotatable bonds is 7. The van der Waals surface area contributed by atoms with Crippen molar-refractivity contribution in [2.75, 3.05) is 49.3 Å². The lowest BCUT2D eigenvalue weighted by Gasteiger charge is -2.40. The molecule has 2 aromatic carbocycles. The first kappa shape index (κ1) is 28.4. The summed E-state index contributed by atoms with van der Waals surface area (Å²) in [5.74, 6) is -0.646. The summed E-state index contributed by atoms with van der Waals surface area (Å²) in [5, 5.41) is 20.8. The fourth-order valence-electron chi connectivity index (χ4n) is 5.41. The number of anilines is 3. The SMILES string of the molecule is CN(c1nc(-c2ccc(F)cc2)c(C#N)s1)c1cc(C2CC2)nc2c(F)cc(N3CCN(S(C)(=O)=O)[C@@H](CO)C3)cc12. The maximum Gasteiger partial charge on any atom is 0.211 e. The number of aromatic nitrogens is 2. The van der Waals surface area contributed by atoms with Crippen LogP contribution in [0.1, 0.15) is 29.3 Å². The molecule has 9 nitrogen and oxygen atoms in total. The van der Waals surface area contributed by atoms with Crippen LogP contribution in [0.2, 0.25) is 0 Å². The molecular weight excluding hydrogens is 582 g/mol. The van der Waals surface area contributed by atoms with Gasteiger partial charge < -0.3 is 14.9 Å². The molecular formula is C29H28F2N6O3S2. The zero-order valence-corrected chi connectivity index (χ0v) is 24.6. The van der Waals surface area contributed by atoms with Crippen LogP contribution < -0.4 is 9.80 Å². The summed E-state index contributed by atoms with van der Waals surface area (Å²) in [6.45, 7) is 0.331. The zero-order valence-electron chi connectivity index (χ0n) is 23.0. The number of nitriles is 1. The Hall–Kier alpha value is -3.70. The van der Waals surface area contributed by atoms with Gasteiger partial charge in [0.1, 0.15) is 28.0 Å². The Morgan fingerprint density at radius 1 is 1.14 bits per heavy atom. The van der Waals surface area contributed by atoms with Crippen LogP contribution in [-0.2, 0) is 10.0 Å². The van der Waals surface area contributed by atoms with Crippen LogP contribution >= 0.6 is 11.3 Å². The minimum absolute atomic E-state index is 0.164. The number of pyridine rings is 1. The Balaban J connectivity index is 1.43. The molecule has 0 radical (unpaired) electrons. The van der Waals surface area contributed by atoms with Crippen molar-refractivity contribution in [2.45, 2.75) is 24.8 Å². The van der Waals surface area contributed by atoms with Gasteiger partial charge in [0.25, 0.3) is 0 Å². The Morgan fingerprint density at radius 3 is 2.52 bits per heavy atom. The summed E-state index contributed by atoms with van der Waals surface area (Å²) in [6, 6.07) is 12.5. The van der Waals surface area contributed by atoms with Crippen LogP contribution in [0.5, 0.6) is 0 Å². The third-order valence-corrected chi connectivity index (χ3v) is 10.1. The average molecular weight is 611 g/mol. The minimum Gasteiger partial charge on any atom is -0.395 e. The molecule has 1 N–H and O–H groups in total. The predicted octanol–water partition coefficient (Wildman–Crippen LogP) is 4.60. The highest BCUT2D eigenvalue weighted by molar-refractivity contribution is 7.88. The predicted molar refractivity (Wildman–Crippen MR) is 159 cm³/mol. The van der Waals surface area contributed by atoms with Crippen LogP contribution in [0, 0.1) is 23.0 Å². The number of halogens is 2. The average Bonchev–Trinajstić information content (AvgIpc) is 3.74. The molecule has 2 aliphatic rings. The Morgan fingerprint density at radius 2 is 1.88 bits per heavy atom. The van der Waals surface area contributed by atoms with Gasteiger partial charge in [-0.05, 0) is 55.3 Å². The molecule has 13 heteroatoms. The Bertz CT molecular complexity index is 1820. The number of aliphatic hydroxyl groups is 1. The van der Waals surface area contributed by atoms with Crippen LogP contribution in [-0.4, -0.2) is 73.4 Å². The standard InChI is InChI=1S/C29H28F2N6O3S2/c1-35(29-34-27(26(14-32)41-29)18-5-7-19(30)8-6-18)25-13-24(17-3-4-17)33-28-22(25)11-20(12-23(28)31)36-9-10-37(42(2,39)40)21(15-36)16-38/h5-8,11-13,17,21,38H,3-4,9-10,15-16H2,1-2H3/t21-/m1/s1. The van der Waals surface area contributed by atoms with E-state index < -0.39 is 21.9 Å². The van der Waals surface area contributed by atoms with Gasteiger partial charge in [-0.15, -0.1) is 0 Å². The third kappa shape index (κ3) is 5.31. The van der Waals surface area contributed by atoms with E-state index in [1.165, 1.54) is 33.8 Å². The fourth-order valence-corrected chi connectivity index (χ4v) is 7.36. The van der Waals surface area contributed by atoms with Crippen LogP contribution in [0.3, 0.4) is 0 Å². The molecule has 1 aliphatic carbocycles. The van der Waals surface area contributed by atoms with Crippen molar-refractivity contribution >= 4 is 48.8 Å². The first-order valence-electron chi connectivity index (χ1n) is 13.4. The Labute approximate surface area is 246 Å². The molecule has 1 saturated heterocycles. The second-order valence-corrected chi connectivity index (χ2v) is 13.6. The summed E-state index contributed by atoms with van der Waals surface area (Å²) >= 11 is 1.19. The van der Waals surface area contributed by atoms with Gasteiger partial charge in [-0.25, -0.2) is 27.2 Å². The molecule has 2 aromatic heterocycles. The number of benzene rings is 2. The molecule has 0 spiro atoms. The number of fused-ring (bicyclic) bond motifs is 1. The van der Waals surface area contributed by atoms with Gasteiger partial charge in [0.15, 0.2) is 10.9 Å². The molecule has 4 aromatic rings. The maximum absolute atomic E-state index is 15.8. The number of aliphatic hydroxyl groups excluding tert-OH is 1. The number of piperazine rings is 1. The summed E-state index contributed by atoms with van der Waals surface area (Å²) < 4.78 is 55.0. The van der Waals surface area contributed by atoms with Gasteiger partial charge >= 0.3 is 0 Å². The smallest absolute Gasteiger partial charge is 0.211 e. The lowest BCUT2D eigenvalue weighted by Crippen LogP contribution is -2.56. The van der Waals surface area contributed by atoms with Crippen molar-refractivity contribution in [3.05, 3.63) is 64.7 Å². The molecule has 1 atom stereocenters. The molecule has 2 fully saturated rings. The number of thiazole rings is 1. The van der Waals surface area contributed by atoms with E-state index in [0.717, 1.165) is 24.8 Å². The van der Waals surface area contributed by atoms with Crippen molar-refractivity contribution in [1.29, 1.82) is 5.26 Å². The Kier molecular flexibility index (Phi) is 7.34. The van der Waals surface area contributed by atoms with Gasteiger partial charge in [0.05, 0.1) is 24.6 Å². The van der Waals surface area contributed by atoms with E-state index >= 15 is 4.39 Å². The van der Waals surface area contributed by atoms with E-state index in [-0.39, 0.29) is 36.9 Å². The normalized spacial score (nSPS) is 17.9. The van der Waals surface area contributed by atoms with Crippen LogP contribution in [0.4, 0.5) is 25.3 Å². The van der Waals surface area contributed by atoms with Gasteiger partial charge in [-0.3, -0.25) is 0 Å². The zero-order chi connectivity index (χ0) is 29.8. The molecule has 1 aliphatic heterocycles. The van der Waals surface area contributed by atoms with Crippen LogP contribution in [0.25, 0.3) is 22.2 Å². The number of hydrogen-bond donors (Lipinski definition) is 1. The largest absolute Gasteiger partial charge is 0.395 e. The van der Waals surface area contributed by atoms with E-state index in [1.807, 2.05) is 21.9 Å². The molecule has 0 amide bonds. The summed E-state index contributed by atoms with van der Waals surface area (Å²) in [7, 11) is -1.71. The first-order chi connectivity index (χ1) is 20.1. The fraction of sp³-hybridized carbons (Fsp3) is 0.345. The summed E-state index contributed by atoms with van der Waals surface area (Å²) in [5.41, 5.74) is 3.27. The molecule has 3 heterocycles. The lowest BCUT2D eigenvalue weighted by molar-refractivity contribution is 0.176. The summed E-state index contributed by atoms with van der Waals surface area (Å²) in [4.78, 5) is 13.5. The molecule has 218 valence electrons. The number of hydrogen-bond acceptors (Lipinski definition) is 9. The second kappa shape index (κ2) is 10.9. The van der Waals surface area contributed by atoms with Crippen LogP contribution in [0.15, 0.2) is 42.5 Å². The van der Waals surface area contributed by atoms with E-state index in [4.69, 9.17) is 4.98 Å². The molecule has 42 heavy (non-hydrogen) atoms. The third-order valence-electron chi connectivity index (χ3n) is 7.76. The highest BCUT2D eigenvalue weighted by Gasteiger charge is 2.33. The van der Waals surface area contributed by atoms with Gasteiger partial charge in [-0.2, -0.15) is 9.57 Å². The molecule has 6 rings (SSSR count). The monoisotopic (exact) mass is 610 g/mol. The second-order valence-electron chi connectivity index (χ2n) is 10.7. The number of nitrogens with zero attached hydrogens (tertiary/aromatic N) is 6. The van der Waals surface area contributed by atoms with Crippen molar-refractivity contribution in [2.24, 2.45) is 0 Å².